The van der Waals surface area contributed by atoms with E-state index in [1.165, 1.54) is 0 Å². The molecule has 0 spiro atoms. The van der Waals surface area contributed by atoms with E-state index in [4.69, 9.17) is 10.00 Å². The van der Waals surface area contributed by atoms with Gasteiger partial charge in [0, 0.05) is 0 Å². The molecule has 3 nitrogen and oxygen atoms in total. The largest absolute Gasteiger partial charge is 0.423 e. The zero-order valence-electron chi connectivity index (χ0n) is 11.1. The molecule has 0 aliphatic rings. The lowest BCUT2D eigenvalue weighted by Crippen LogP contribution is -2.08. The number of ether oxygens (including phenoxy) is 1. The van der Waals surface area contributed by atoms with Crippen LogP contribution < -0.4 is 4.74 Å². The summed E-state index contributed by atoms with van der Waals surface area (Å²) >= 11 is 0. The molecular formula is C18H11NO2. The molecule has 0 unspecified atom stereocenters. The lowest BCUT2D eigenvalue weighted by molar-refractivity contribution is 0.0737. The number of rotatable bonds is 2. The fraction of sp³-hybridized carbons (Fsp3) is 0. The normalized spacial score (nSPS) is 10.0. The van der Waals surface area contributed by atoms with E-state index < -0.39 is 5.97 Å². The van der Waals surface area contributed by atoms with Gasteiger partial charge in [0.25, 0.3) is 0 Å². The molecule has 0 aliphatic heterocycles. The second kappa shape index (κ2) is 5.48. The Hall–Kier alpha value is -3.12. The van der Waals surface area contributed by atoms with Gasteiger partial charge in [-0.3, -0.25) is 0 Å². The van der Waals surface area contributed by atoms with Gasteiger partial charge in [-0.2, -0.15) is 5.26 Å². The van der Waals surface area contributed by atoms with Crippen molar-refractivity contribution in [1.29, 1.82) is 5.26 Å². The summed E-state index contributed by atoms with van der Waals surface area (Å²) in [6.07, 6.45) is 0. The van der Waals surface area contributed by atoms with Crippen LogP contribution in [0.4, 0.5) is 0 Å². The highest BCUT2D eigenvalue weighted by molar-refractivity contribution is 6.05. The Bertz CT molecular complexity index is 840. The van der Waals surface area contributed by atoms with E-state index in [0.717, 1.165) is 10.8 Å². The predicted molar refractivity (Wildman–Crippen MR) is 80.1 cm³/mol. The van der Waals surface area contributed by atoms with Crippen molar-refractivity contribution in [3.63, 3.8) is 0 Å². The number of nitriles is 1. The summed E-state index contributed by atoms with van der Waals surface area (Å²) in [5, 5.41) is 10.6. The molecule has 0 bridgehead atoms. The monoisotopic (exact) mass is 273 g/mol. The van der Waals surface area contributed by atoms with E-state index in [9.17, 15) is 4.79 Å². The van der Waals surface area contributed by atoms with Crippen LogP contribution >= 0.6 is 0 Å². The summed E-state index contributed by atoms with van der Waals surface area (Å²) in [5.74, 6) is 0.0171. The van der Waals surface area contributed by atoms with E-state index in [0.29, 0.717) is 16.9 Å². The van der Waals surface area contributed by atoms with Crippen molar-refractivity contribution in [2.24, 2.45) is 0 Å². The van der Waals surface area contributed by atoms with Gasteiger partial charge in [0.2, 0.25) is 0 Å². The van der Waals surface area contributed by atoms with Gasteiger partial charge in [0.05, 0.1) is 17.2 Å². The van der Waals surface area contributed by atoms with Crippen molar-refractivity contribution in [3.8, 4) is 11.8 Å². The molecule has 0 fully saturated rings. The van der Waals surface area contributed by atoms with Crippen LogP contribution in [0.25, 0.3) is 10.8 Å². The Kier molecular flexibility index (Phi) is 3.36. The fourth-order valence-corrected chi connectivity index (χ4v) is 2.16. The van der Waals surface area contributed by atoms with Gasteiger partial charge in [-0.05, 0) is 41.1 Å². The number of nitrogens with zero attached hydrogens (tertiary/aromatic N) is 1. The molecular weight excluding hydrogens is 262 g/mol. The number of hydrogen-bond donors (Lipinski definition) is 0. The number of benzene rings is 3. The van der Waals surface area contributed by atoms with Crippen molar-refractivity contribution in [1.82, 2.24) is 0 Å². The summed E-state index contributed by atoms with van der Waals surface area (Å²) in [6, 6.07) is 21.7. The van der Waals surface area contributed by atoms with Gasteiger partial charge in [0.1, 0.15) is 5.75 Å². The Labute approximate surface area is 122 Å². The highest BCUT2D eigenvalue weighted by Crippen LogP contribution is 2.21. The zero-order valence-corrected chi connectivity index (χ0v) is 11.1. The average Bonchev–Trinajstić information content (AvgIpc) is 2.55. The summed E-state index contributed by atoms with van der Waals surface area (Å²) in [4.78, 5) is 12.3. The van der Waals surface area contributed by atoms with Crippen LogP contribution in [0.15, 0.2) is 66.7 Å². The molecule has 3 rings (SSSR count). The van der Waals surface area contributed by atoms with Crippen molar-refractivity contribution < 1.29 is 9.53 Å². The zero-order chi connectivity index (χ0) is 14.7. The van der Waals surface area contributed by atoms with Crippen molar-refractivity contribution >= 4 is 16.7 Å². The van der Waals surface area contributed by atoms with E-state index in [2.05, 4.69) is 0 Å². The van der Waals surface area contributed by atoms with Crippen molar-refractivity contribution in [2.75, 3.05) is 0 Å². The van der Waals surface area contributed by atoms with Gasteiger partial charge in [-0.1, -0.05) is 36.4 Å². The van der Waals surface area contributed by atoms with E-state index in [1.807, 2.05) is 42.5 Å². The minimum absolute atomic E-state index is 0.406. The first kappa shape index (κ1) is 12.9. The lowest BCUT2D eigenvalue weighted by atomic mass is 10.0. The average molecular weight is 273 g/mol. The fourth-order valence-electron chi connectivity index (χ4n) is 2.16. The van der Waals surface area contributed by atoms with Gasteiger partial charge in [-0.25, -0.2) is 4.79 Å². The summed E-state index contributed by atoms with van der Waals surface area (Å²) in [5.41, 5.74) is 1.05. The van der Waals surface area contributed by atoms with E-state index in [1.54, 1.807) is 30.3 Å². The quantitative estimate of drug-likeness (QED) is 0.525. The minimum atomic E-state index is -0.406. The Morgan fingerprint density at radius 2 is 1.62 bits per heavy atom. The molecule has 0 amide bonds. The Morgan fingerprint density at radius 3 is 2.38 bits per heavy atom. The van der Waals surface area contributed by atoms with Crippen LogP contribution in [0, 0.1) is 11.3 Å². The molecule has 21 heavy (non-hydrogen) atoms. The molecule has 0 N–H and O–H groups in total. The maximum absolute atomic E-state index is 12.3. The third-order valence-electron chi connectivity index (χ3n) is 3.20. The predicted octanol–water partition coefficient (Wildman–Crippen LogP) is 3.93. The van der Waals surface area contributed by atoms with Gasteiger partial charge in [0.15, 0.2) is 0 Å². The first-order valence-electron chi connectivity index (χ1n) is 6.48. The molecule has 0 aromatic heterocycles. The first-order valence-corrected chi connectivity index (χ1v) is 6.48. The molecule has 0 heterocycles. The smallest absolute Gasteiger partial charge is 0.344 e. The number of fused-ring (bicyclic) bond motifs is 1. The SMILES string of the molecule is N#Cc1ccc(OC(=O)c2cccc3ccccc23)cc1. The number of hydrogen-bond acceptors (Lipinski definition) is 3. The Balaban J connectivity index is 1.92. The number of esters is 1. The van der Waals surface area contributed by atoms with Gasteiger partial charge < -0.3 is 4.74 Å². The number of carbonyl (C=O) groups excluding carboxylic acids is 1. The van der Waals surface area contributed by atoms with Crippen LogP contribution in [0.1, 0.15) is 15.9 Å². The summed E-state index contributed by atoms with van der Waals surface area (Å²) in [7, 11) is 0. The van der Waals surface area contributed by atoms with Crippen molar-refractivity contribution in [2.45, 2.75) is 0 Å². The van der Waals surface area contributed by atoms with Crippen LogP contribution in [0.3, 0.4) is 0 Å². The van der Waals surface area contributed by atoms with Gasteiger partial charge >= 0.3 is 5.97 Å². The second-order valence-electron chi connectivity index (χ2n) is 4.55. The van der Waals surface area contributed by atoms with Crippen LogP contribution in [-0.4, -0.2) is 5.97 Å². The van der Waals surface area contributed by atoms with Gasteiger partial charge in [-0.15, -0.1) is 0 Å². The standard InChI is InChI=1S/C18H11NO2/c19-12-13-8-10-15(11-9-13)21-18(20)17-7-3-5-14-4-1-2-6-16(14)17/h1-11H. The van der Waals surface area contributed by atoms with Crippen molar-refractivity contribution in [3.05, 3.63) is 77.9 Å². The molecule has 3 aromatic rings. The highest BCUT2D eigenvalue weighted by Gasteiger charge is 2.12. The maximum atomic E-state index is 12.3. The second-order valence-corrected chi connectivity index (χ2v) is 4.55. The van der Waals surface area contributed by atoms with Crippen LogP contribution in [0.2, 0.25) is 0 Å². The first-order chi connectivity index (χ1) is 10.3. The van der Waals surface area contributed by atoms with Crippen LogP contribution in [-0.2, 0) is 0 Å². The molecule has 3 heteroatoms. The lowest BCUT2D eigenvalue weighted by Gasteiger charge is -2.07. The molecule has 0 radical (unpaired) electrons. The molecule has 0 saturated carbocycles. The number of carbonyl (C=O) groups is 1. The van der Waals surface area contributed by atoms with E-state index in [-0.39, 0.29) is 0 Å². The molecule has 100 valence electrons. The van der Waals surface area contributed by atoms with Crippen LogP contribution in [0.5, 0.6) is 5.75 Å². The third kappa shape index (κ3) is 2.60. The molecule has 3 aromatic carbocycles. The third-order valence-corrected chi connectivity index (χ3v) is 3.20. The molecule has 0 atom stereocenters. The Morgan fingerprint density at radius 1 is 0.905 bits per heavy atom. The highest BCUT2D eigenvalue weighted by atomic mass is 16.5. The minimum Gasteiger partial charge on any atom is -0.423 e. The summed E-state index contributed by atoms with van der Waals surface area (Å²) < 4.78 is 5.36. The van der Waals surface area contributed by atoms with E-state index >= 15 is 0 Å². The molecule has 0 aliphatic carbocycles. The molecule has 0 saturated heterocycles. The summed E-state index contributed by atoms with van der Waals surface area (Å²) in [6.45, 7) is 0. The topological polar surface area (TPSA) is 50.1 Å². The maximum Gasteiger partial charge on any atom is 0.344 e.